The van der Waals surface area contributed by atoms with Crippen LogP contribution < -0.4 is 0 Å². The molecule has 0 saturated heterocycles. The minimum Gasteiger partial charge on any atom is -0.0573 e. The lowest BCUT2D eigenvalue weighted by Crippen LogP contribution is -2.12. The average molecular weight is 771 g/mol. The molecule has 12 rings (SSSR count). The van der Waals surface area contributed by atoms with Crippen molar-refractivity contribution in [3.05, 3.63) is 156 Å². The molecule has 0 atom stereocenters. The molecule has 0 spiro atoms. The van der Waals surface area contributed by atoms with Crippen LogP contribution in [0.2, 0.25) is 0 Å². The minimum atomic E-state index is -0.0662. The zero-order chi connectivity index (χ0) is 41.2. The summed E-state index contributed by atoms with van der Waals surface area (Å²) < 4.78 is 0. The minimum absolute atomic E-state index is 0.0467. The molecule has 0 bridgehead atoms. The molecule has 0 aromatic heterocycles. The van der Waals surface area contributed by atoms with Crippen LogP contribution in [0.25, 0.3) is 119 Å². The molecule has 60 heavy (non-hydrogen) atoms. The normalized spacial score (nSPS) is 13.4. The Morgan fingerprint density at radius 1 is 0.217 bits per heavy atom. The molecular weight excluding hydrogens is 721 g/mol. The van der Waals surface area contributed by atoms with E-state index < -0.39 is 0 Å². The molecule has 0 nitrogen and oxygen atoms in total. The highest BCUT2D eigenvalue weighted by Gasteiger charge is 2.26. The molecule has 0 fully saturated rings. The van der Waals surface area contributed by atoms with Gasteiger partial charge in [-0.05, 0) is 158 Å². The highest BCUT2D eigenvalue weighted by atomic mass is 14.3. The largest absolute Gasteiger partial charge is 0.0573 e. The van der Waals surface area contributed by atoms with E-state index in [1.54, 1.807) is 0 Å². The Balaban J connectivity index is 1.17. The second-order valence-corrected chi connectivity index (χ2v) is 20.9. The van der Waals surface area contributed by atoms with E-state index in [1.807, 2.05) is 0 Å². The first-order valence-corrected chi connectivity index (χ1v) is 21.8. The van der Waals surface area contributed by atoms with Crippen molar-refractivity contribution < 1.29 is 0 Å². The van der Waals surface area contributed by atoms with Crippen LogP contribution in [0.5, 0.6) is 0 Å². The summed E-state index contributed by atoms with van der Waals surface area (Å²) >= 11 is 0. The van der Waals surface area contributed by atoms with Gasteiger partial charge in [-0.1, -0.05) is 196 Å². The average Bonchev–Trinajstić information content (AvgIpc) is 3.22. The zero-order valence-corrected chi connectivity index (χ0v) is 36.3. The summed E-state index contributed by atoms with van der Waals surface area (Å²) in [4.78, 5) is 0. The lowest BCUT2D eigenvalue weighted by molar-refractivity contribution is 0.596. The molecule has 0 heteroatoms. The van der Waals surface area contributed by atoms with Crippen LogP contribution in [-0.4, -0.2) is 0 Å². The number of hydrogen-bond donors (Lipinski definition) is 0. The van der Waals surface area contributed by atoms with Crippen molar-refractivity contribution in [1.82, 2.24) is 0 Å². The fourth-order valence-corrected chi connectivity index (χ4v) is 11.4. The lowest BCUT2D eigenvalue weighted by atomic mass is 9.77. The number of benzene rings is 12. The molecule has 12 aromatic carbocycles. The van der Waals surface area contributed by atoms with Gasteiger partial charge in [0.1, 0.15) is 0 Å². The summed E-state index contributed by atoms with van der Waals surface area (Å²) in [6.07, 6.45) is 0. The van der Waals surface area contributed by atoms with Gasteiger partial charge in [-0.25, -0.2) is 0 Å². The first-order valence-electron chi connectivity index (χ1n) is 21.8. The zero-order valence-electron chi connectivity index (χ0n) is 36.3. The highest BCUT2D eigenvalue weighted by molar-refractivity contribution is 6.33. The Morgan fingerprint density at radius 3 is 0.850 bits per heavy atom. The van der Waals surface area contributed by atoms with E-state index in [1.165, 1.54) is 136 Å². The van der Waals surface area contributed by atoms with Gasteiger partial charge >= 0.3 is 0 Å². The predicted molar refractivity (Wildman–Crippen MR) is 265 cm³/mol. The monoisotopic (exact) mass is 770 g/mol. The molecule has 0 aliphatic carbocycles. The second-order valence-electron chi connectivity index (χ2n) is 20.9. The lowest BCUT2D eigenvalue weighted by Gasteiger charge is -2.27. The van der Waals surface area contributed by atoms with E-state index in [2.05, 4.69) is 202 Å². The Labute approximate surface area is 352 Å². The molecule has 290 valence electrons. The molecule has 0 saturated carbocycles. The van der Waals surface area contributed by atoms with Crippen molar-refractivity contribution in [2.24, 2.45) is 0 Å². The van der Waals surface area contributed by atoms with Gasteiger partial charge in [0.2, 0.25) is 0 Å². The van der Waals surface area contributed by atoms with Crippen molar-refractivity contribution in [2.75, 3.05) is 0 Å². The van der Waals surface area contributed by atoms with Crippen LogP contribution in [-0.2, 0) is 16.2 Å². The summed E-state index contributed by atoms with van der Waals surface area (Å²) in [6, 6.07) is 54.6. The van der Waals surface area contributed by atoms with Gasteiger partial charge in [0.15, 0.2) is 0 Å². The van der Waals surface area contributed by atoms with E-state index >= 15 is 0 Å². The first kappa shape index (κ1) is 35.7. The van der Waals surface area contributed by atoms with Crippen LogP contribution in [0, 0.1) is 0 Å². The fourth-order valence-electron chi connectivity index (χ4n) is 11.4. The smallest absolute Gasteiger partial charge is 0.00174 e. The number of rotatable bonds is 2. The molecule has 0 unspecified atom stereocenters. The van der Waals surface area contributed by atoms with E-state index in [-0.39, 0.29) is 16.2 Å². The van der Waals surface area contributed by atoms with Gasteiger partial charge in [0, 0.05) is 0 Å². The summed E-state index contributed by atoms with van der Waals surface area (Å²) in [5.74, 6) is 0. The van der Waals surface area contributed by atoms with Crippen LogP contribution >= 0.6 is 0 Å². The van der Waals surface area contributed by atoms with Crippen LogP contribution in [0.15, 0.2) is 140 Å². The Bertz CT molecular complexity index is 3740. The molecule has 0 amide bonds. The molecule has 0 heterocycles. The van der Waals surface area contributed by atoms with Gasteiger partial charge in [-0.15, -0.1) is 0 Å². The quantitative estimate of drug-likeness (QED) is 0.154. The SMILES string of the molecule is CC(C)(C)c1ccc2ccc3c(-c4ccc5ccc6c(C(C)(C)C)cc(-c7ccc8ccc9c(C(C)(C)C)ccc%10ccc7c8c%109)c7ccc4c5c76)ccc4ccc1c2c43. The van der Waals surface area contributed by atoms with Crippen LogP contribution in [0.3, 0.4) is 0 Å². The Morgan fingerprint density at radius 2 is 0.467 bits per heavy atom. The topological polar surface area (TPSA) is 0 Å². The Kier molecular flexibility index (Phi) is 6.98. The van der Waals surface area contributed by atoms with Crippen LogP contribution in [0.4, 0.5) is 0 Å². The van der Waals surface area contributed by atoms with Crippen molar-refractivity contribution >= 4 is 97.0 Å². The predicted octanol–water partition coefficient (Wildman–Crippen LogP) is 17.6. The first-order chi connectivity index (χ1) is 28.7. The fraction of sp³-hybridized carbons (Fsp3) is 0.200. The molecular formula is C60H50. The van der Waals surface area contributed by atoms with E-state index in [0.29, 0.717) is 0 Å². The molecule has 0 aliphatic heterocycles. The van der Waals surface area contributed by atoms with Crippen molar-refractivity contribution in [3.8, 4) is 22.3 Å². The Hall–Kier alpha value is -6.24. The summed E-state index contributed by atoms with van der Waals surface area (Å²) in [5.41, 5.74) is 9.46. The highest BCUT2D eigenvalue weighted by Crippen LogP contribution is 2.50. The molecule has 0 radical (unpaired) electrons. The van der Waals surface area contributed by atoms with Crippen molar-refractivity contribution in [2.45, 2.75) is 78.6 Å². The maximum absolute atomic E-state index is 2.53. The maximum atomic E-state index is 2.53. The van der Waals surface area contributed by atoms with Gasteiger partial charge in [0.05, 0.1) is 0 Å². The van der Waals surface area contributed by atoms with E-state index in [0.717, 1.165) is 0 Å². The maximum Gasteiger partial charge on any atom is -0.00174 e. The third-order valence-corrected chi connectivity index (χ3v) is 14.1. The number of hydrogen-bond acceptors (Lipinski definition) is 0. The summed E-state index contributed by atoms with van der Waals surface area (Å²) in [7, 11) is 0. The van der Waals surface area contributed by atoms with Gasteiger partial charge in [0.25, 0.3) is 0 Å². The molecule has 12 aromatic rings. The summed E-state index contributed by atoms with van der Waals surface area (Å²) in [5, 5.41) is 24.2. The third-order valence-electron chi connectivity index (χ3n) is 14.1. The third kappa shape index (κ3) is 4.80. The molecule has 0 aliphatic rings. The van der Waals surface area contributed by atoms with E-state index in [9.17, 15) is 0 Å². The van der Waals surface area contributed by atoms with Gasteiger partial charge in [-0.3, -0.25) is 0 Å². The van der Waals surface area contributed by atoms with Crippen molar-refractivity contribution in [1.29, 1.82) is 0 Å². The standard InChI is InChI=1S/C60H50/c1-58(2,3)49-30-18-36-13-23-41-38(20-10-33-15-25-45(49)55(36)52(33)41)39-21-11-35-17-27-47-51(60(7,8)9)32-48(44-29-28-43(39)54(35)57(44)47)40-22-12-34-16-26-46-50(59(4,5)6)31-19-37-14-24-42(40)53(34)56(37)46/h10-32H,1-9H3. The van der Waals surface area contributed by atoms with Gasteiger partial charge < -0.3 is 0 Å². The van der Waals surface area contributed by atoms with E-state index in [4.69, 9.17) is 0 Å². The van der Waals surface area contributed by atoms with Gasteiger partial charge in [-0.2, -0.15) is 0 Å². The molecule has 0 N–H and O–H groups in total. The summed E-state index contributed by atoms with van der Waals surface area (Å²) in [6.45, 7) is 21.1. The second kappa shape index (κ2) is 11.7. The van der Waals surface area contributed by atoms with Crippen molar-refractivity contribution in [3.63, 3.8) is 0 Å². The van der Waals surface area contributed by atoms with Crippen LogP contribution in [0.1, 0.15) is 79.0 Å².